The average Bonchev–Trinajstić information content (AvgIpc) is 2.18. The van der Waals surface area contributed by atoms with Crippen molar-refractivity contribution in [2.45, 2.75) is 24.0 Å². The Morgan fingerprint density at radius 1 is 1.17 bits per heavy atom. The molecule has 1 aromatic rings. The van der Waals surface area contributed by atoms with Crippen LogP contribution < -0.4 is 15.6 Å². The van der Waals surface area contributed by atoms with Gasteiger partial charge in [-0.25, -0.2) is 22.0 Å². The average molecular weight is 293 g/mol. The van der Waals surface area contributed by atoms with Gasteiger partial charge in [-0.15, -0.1) is 0 Å². The van der Waals surface area contributed by atoms with E-state index in [1.165, 1.54) is 26.0 Å². The first-order valence-corrected chi connectivity index (χ1v) is 8.07. The lowest BCUT2D eigenvalue weighted by Crippen LogP contribution is -2.23. The molecule has 9 heteroatoms. The van der Waals surface area contributed by atoms with E-state index in [2.05, 4.69) is 4.72 Å². The third kappa shape index (κ3) is 3.34. The number of rotatable bonds is 4. The fraction of sp³-hybridized carbons (Fsp3) is 0.333. The van der Waals surface area contributed by atoms with Gasteiger partial charge in [0.2, 0.25) is 20.0 Å². The molecule has 0 heterocycles. The lowest BCUT2D eigenvalue weighted by Gasteiger charge is -2.12. The number of primary sulfonamides is 1. The summed E-state index contributed by atoms with van der Waals surface area (Å²) in [6.45, 7) is 3.00. The molecule has 0 fully saturated rings. The maximum absolute atomic E-state index is 11.6. The Labute approximate surface area is 106 Å². The van der Waals surface area contributed by atoms with Crippen LogP contribution in [0.1, 0.15) is 13.8 Å². The lowest BCUT2D eigenvalue weighted by molar-refractivity contribution is 0.592. The van der Waals surface area contributed by atoms with Crippen LogP contribution in [0.5, 0.6) is 0 Å². The minimum absolute atomic E-state index is 0.0370. The Kier molecular flexibility index (Phi) is 3.89. The molecule has 7 nitrogen and oxygen atoms in total. The molecule has 0 spiro atoms. The molecule has 0 aliphatic rings. The van der Waals surface area contributed by atoms with Crippen molar-refractivity contribution in [2.24, 2.45) is 5.14 Å². The summed E-state index contributed by atoms with van der Waals surface area (Å²) in [6, 6.07) is 3.73. The monoisotopic (exact) mass is 293 g/mol. The minimum atomic E-state index is -3.99. The Hall–Kier alpha value is -1.32. The van der Waals surface area contributed by atoms with Crippen molar-refractivity contribution in [3.63, 3.8) is 0 Å². The van der Waals surface area contributed by atoms with Crippen LogP contribution in [0.15, 0.2) is 23.1 Å². The van der Waals surface area contributed by atoms with Crippen LogP contribution in [0.2, 0.25) is 0 Å². The van der Waals surface area contributed by atoms with E-state index in [0.29, 0.717) is 0 Å². The molecule has 0 aliphatic carbocycles. The van der Waals surface area contributed by atoms with E-state index in [-0.39, 0.29) is 16.3 Å². The van der Waals surface area contributed by atoms with E-state index in [1.54, 1.807) is 0 Å². The highest BCUT2D eigenvalue weighted by Crippen LogP contribution is 2.22. The van der Waals surface area contributed by atoms with Gasteiger partial charge in [-0.3, -0.25) is 4.72 Å². The van der Waals surface area contributed by atoms with Crippen molar-refractivity contribution in [1.82, 2.24) is 0 Å². The number of anilines is 2. The molecule has 0 unspecified atom stereocenters. The zero-order valence-corrected chi connectivity index (χ0v) is 11.5. The third-order valence-corrected chi connectivity index (χ3v) is 4.93. The quantitative estimate of drug-likeness (QED) is 0.675. The van der Waals surface area contributed by atoms with Crippen LogP contribution in [0.3, 0.4) is 0 Å². The first-order chi connectivity index (χ1) is 8.04. The first kappa shape index (κ1) is 14.7. The molecule has 1 aromatic carbocycles. The van der Waals surface area contributed by atoms with E-state index in [9.17, 15) is 16.8 Å². The molecule has 1 rings (SSSR count). The molecule has 0 saturated carbocycles. The molecule has 102 valence electrons. The zero-order valence-electron chi connectivity index (χ0n) is 9.91. The number of nitrogen functional groups attached to an aromatic ring is 1. The zero-order chi connectivity index (χ0) is 14.1. The molecule has 0 aromatic heterocycles. The van der Waals surface area contributed by atoms with Crippen molar-refractivity contribution >= 4 is 31.4 Å². The Balaban J connectivity index is 3.24. The van der Waals surface area contributed by atoms with Gasteiger partial charge in [-0.05, 0) is 32.0 Å². The number of benzene rings is 1. The Morgan fingerprint density at radius 2 is 1.72 bits per heavy atom. The van der Waals surface area contributed by atoms with Gasteiger partial charge in [-0.1, -0.05) is 0 Å². The fourth-order valence-corrected chi connectivity index (χ4v) is 2.51. The van der Waals surface area contributed by atoms with Crippen molar-refractivity contribution in [3.05, 3.63) is 18.2 Å². The van der Waals surface area contributed by atoms with Crippen LogP contribution in [0.25, 0.3) is 0 Å². The van der Waals surface area contributed by atoms with Crippen LogP contribution in [0, 0.1) is 0 Å². The van der Waals surface area contributed by atoms with Crippen molar-refractivity contribution in [1.29, 1.82) is 0 Å². The summed E-state index contributed by atoms with van der Waals surface area (Å²) >= 11 is 0. The number of nitrogens with two attached hydrogens (primary N) is 2. The second-order valence-electron chi connectivity index (χ2n) is 3.99. The largest absolute Gasteiger partial charge is 0.398 e. The first-order valence-electron chi connectivity index (χ1n) is 4.98. The number of sulfonamides is 2. The SMILES string of the molecule is CC(C)S(=O)(=O)Nc1ccc(N)c(S(N)(=O)=O)c1. The molecular weight excluding hydrogens is 278 g/mol. The summed E-state index contributed by atoms with van der Waals surface area (Å²) in [5.41, 5.74) is 5.52. The normalized spacial score (nSPS) is 12.7. The third-order valence-electron chi connectivity index (χ3n) is 2.20. The molecular formula is C9H15N3O4S2. The summed E-state index contributed by atoms with van der Waals surface area (Å²) in [4.78, 5) is -0.313. The molecule has 0 atom stereocenters. The van der Waals surface area contributed by atoms with E-state index in [0.717, 1.165) is 6.07 Å². The Bertz CT molecular complexity index is 650. The van der Waals surface area contributed by atoms with E-state index < -0.39 is 25.3 Å². The number of nitrogens with one attached hydrogen (secondary N) is 1. The van der Waals surface area contributed by atoms with Gasteiger partial charge in [-0.2, -0.15) is 0 Å². The number of hydrogen-bond donors (Lipinski definition) is 3. The maximum Gasteiger partial charge on any atom is 0.240 e. The van der Waals surface area contributed by atoms with Crippen LogP contribution in [-0.4, -0.2) is 22.1 Å². The van der Waals surface area contributed by atoms with Gasteiger partial charge in [0.25, 0.3) is 0 Å². The topological polar surface area (TPSA) is 132 Å². The van der Waals surface area contributed by atoms with Crippen molar-refractivity contribution in [3.8, 4) is 0 Å². The van der Waals surface area contributed by atoms with Crippen molar-refractivity contribution in [2.75, 3.05) is 10.5 Å². The van der Waals surface area contributed by atoms with Gasteiger partial charge in [0.15, 0.2) is 0 Å². The molecule has 18 heavy (non-hydrogen) atoms. The predicted molar refractivity (Wildman–Crippen MR) is 69.9 cm³/mol. The second-order valence-corrected chi connectivity index (χ2v) is 7.76. The van der Waals surface area contributed by atoms with Gasteiger partial charge >= 0.3 is 0 Å². The minimum Gasteiger partial charge on any atom is -0.398 e. The van der Waals surface area contributed by atoms with Gasteiger partial charge in [0.05, 0.1) is 10.9 Å². The number of hydrogen-bond acceptors (Lipinski definition) is 5. The smallest absolute Gasteiger partial charge is 0.240 e. The van der Waals surface area contributed by atoms with Gasteiger partial charge in [0.1, 0.15) is 4.90 Å². The van der Waals surface area contributed by atoms with E-state index in [1.807, 2.05) is 0 Å². The van der Waals surface area contributed by atoms with Crippen LogP contribution in [-0.2, 0) is 20.0 Å². The highest BCUT2D eigenvalue weighted by molar-refractivity contribution is 7.93. The standard InChI is InChI=1S/C9H15N3O4S2/c1-6(2)18(15,16)12-7-3-4-8(10)9(5-7)17(11,13)14/h3-6,12H,10H2,1-2H3,(H2,11,13,14). The summed E-state index contributed by atoms with van der Waals surface area (Å²) in [5, 5.41) is 4.32. The highest BCUT2D eigenvalue weighted by Gasteiger charge is 2.18. The molecule has 0 aliphatic heterocycles. The molecule has 0 amide bonds. The lowest BCUT2D eigenvalue weighted by atomic mass is 10.3. The second kappa shape index (κ2) is 4.75. The summed E-state index contributed by atoms with van der Waals surface area (Å²) in [5.74, 6) is 0. The summed E-state index contributed by atoms with van der Waals surface area (Å²) in [6.07, 6.45) is 0. The molecule has 5 N–H and O–H groups in total. The maximum atomic E-state index is 11.6. The van der Waals surface area contributed by atoms with E-state index >= 15 is 0 Å². The van der Waals surface area contributed by atoms with Crippen molar-refractivity contribution < 1.29 is 16.8 Å². The molecule has 0 bridgehead atoms. The van der Waals surface area contributed by atoms with Crippen LogP contribution in [0.4, 0.5) is 11.4 Å². The summed E-state index contributed by atoms with van der Waals surface area (Å²) < 4.78 is 48.0. The van der Waals surface area contributed by atoms with E-state index in [4.69, 9.17) is 10.9 Å². The fourth-order valence-electron chi connectivity index (χ4n) is 1.13. The molecule has 0 saturated heterocycles. The summed E-state index contributed by atoms with van der Waals surface area (Å²) in [7, 11) is -7.54. The molecule has 0 radical (unpaired) electrons. The Morgan fingerprint density at radius 3 is 2.17 bits per heavy atom. The van der Waals surface area contributed by atoms with Gasteiger partial charge < -0.3 is 5.73 Å². The predicted octanol–water partition coefficient (Wildman–Crippen LogP) is 0.0663. The highest BCUT2D eigenvalue weighted by atomic mass is 32.2. The van der Waals surface area contributed by atoms with Crippen LogP contribution >= 0.6 is 0 Å². The van der Waals surface area contributed by atoms with Gasteiger partial charge in [0, 0.05) is 5.69 Å².